The van der Waals surface area contributed by atoms with Gasteiger partial charge in [-0.15, -0.1) is 0 Å². The Kier molecular flexibility index (Phi) is 8.50. The van der Waals surface area contributed by atoms with Crippen molar-refractivity contribution in [3.8, 4) is 23.0 Å². The predicted octanol–water partition coefficient (Wildman–Crippen LogP) is 5.11. The summed E-state index contributed by atoms with van der Waals surface area (Å²) in [6, 6.07) is 14.6. The summed E-state index contributed by atoms with van der Waals surface area (Å²) in [5, 5.41) is 4.09. The monoisotopic (exact) mass is 546 g/mol. The Labute approximate surface area is 209 Å². The van der Waals surface area contributed by atoms with Gasteiger partial charge in [-0.25, -0.2) is 10.2 Å². The van der Waals surface area contributed by atoms with Crippen LogP contribution in [0.2, 0.25) is 5.02 Å². The van der Waals surface area contributed by atoms with Gasteiger partial charge in [-0.1, -0.05) is 27.5 Å². The van der Waals surface area contributed by atoms with E-state index in [-0.39, 0.29) is 16.5 Å². The number of rotatable bonds is 8. The Hall–Kier alpha value is -3.56. The summed E-state index contributed by atoms with van der Waals surface area (Å²) >= 11 is 9.66. The fourth-order valence-corrected chi connectivity index (χ4v) is 3.49. The highest BCUT2D eigenvalue weighted by Crippen LogP contribution is 2.36. The van der Waals surface area contributed by atoms with Crippen molar-refractivity contribution in [1.82, 2.24) is 5.43 Å². The number of halogens is 2. The third kappa shape index (κ3) is 6.06. The molecule has 3 aromatic rings. The molecule has 8 nitrogen and oxygen atoms in total. The number of esters is 1. The minimum Gasteiger partial charge on any atom is -0.497 e. The molecule has 3 rings (SSSR count). The first-order chi connectivity index (χ1) is 16.4. The third-order valence-electron chi connectivity index (χ3n) is 4.56. The highest BCUT2D eigenvalue weighted by atomic mass is 79.9. The van der Waals surface area contributed by atoms with E-state index in [9.17, 15) is 9.59 Å². The van der Waals surface area contributed by atoms with Gasteiger partial charge >= 0.3 is 5.97 Å². The molecule has 0 heterocycles. The minimum absolute atomic E-state index is 0.0602. The quantitative estimate of drug-likeness (QED) is 0.182. The smallest absolute Gasteiger partial charge is 0.343 e. The molecule has 0 atom stereocenters. The van der Waals surface area contributed by atoms with Crippen LogP contribution >= 0.6 is 27.5 Å². The third-order valence-corrected chi connectivity index (χ3v) is 5.33. The van der Waals surface area contributed by atoms with Crippen LogP contribution in [-0.2, 0) is 0 Å². The van der Waals surface area contributed by atoms with Gasteiger partial charge in [0.05, 0.1) is 43.7 Å². The zero-order chi connectivity index (χ0) is 24.7. The van der Waals surface area contributed by atoms with Gasteiger partial charge in [0, 0.05) is 4.47 Å². The van der Waals surface area contributed by atoms with Crippen LogP contribution in [0.5, 0.6) is 23.0 Å². The number of hydrogen-bond acceptors (Lipinski definition) is 7. The van der Waals surface area contributed by atoms with E-state index in [4.69, 9.17) is 30.5 Å². The molecule has 0 saturated heterocycles. The van der Waals surface area contributed by atoms with E-state index in [0.717, 1.165) is 4.47 Å². The molecule has 0 aliphatic heterocycles. The number of benzene rings is 3. The largest absolute Gasteiger partial charge is 0.497 e. The summed E-state index contributed by atoms with van der Waals surface area (Å²) in [4.78, 5) is 25.0. The normalized spacial score (nSPS) is 10.6. The Morgan fingerprint density at radius 1 is 0.941 bits per heavy atom. The molecule has 0 bridgehead atoms. The zero-order valence-corrected chi connectivity index (χ0v) is 20.8. The lowest BCUT2D eigenvalue weighted by atomic mass is 10.2. The minimum atomic E-state index is -0.612. The molecule has 0 aromatic heterocycles. The Bertz CT molecular complexity index is 1230. The van der Waals surface area contributed by atoms with Crippen molar-refractivity contribution in [2.75, 3.05) is 21.3 Å². The summed E-state index contributed by atoms with van der Waals surface area (Å²) in [6.45, 7) is 0. The number of nitrogens with zero attached hydrogens (tertiary/aromatic N) is 1. The molecule has 0 unspecified atom stereocenters. The SMILES string of the molecule is COc1ccc(C(=O)Oc2c(Cl)cc(/C=N\NC(=O)c3cc(Br)ccc3OC)cc2OC)cc1. The Morgan fingerprint density at radius 3 is 2.29 bits per heavy atom. The standard InChI is InChI=1S/C24H20BrClN2O6/c1-31-17-7-4-15(5-8-17)24(30)34-22-19(26)10-14(11-21(22)33-3)13-27-28-23(29)18-12-16(25)6-9-20(18)32-2/h4-13H,1-3H3,(H,28,29)/b27-13-. The number of carbonyl (C=O) groups is 2. The summed E-state index contributed by atoms with van der Waals surface area (Å²) in [5.41, 5.74) is 3.57. The van der Waals surface area contributed by atoms with E-state index in [1.807, 2.05) is 0 Å². The van der Waals surface area contributed by atoms with Gasteiger partial charge in [-0.05, 0) is 60.2 Å². The van der Waals surface area contributed by atoms with Crippen LogP contribution in [0.3, 0.4) is 0 Å². The second kappa shape index (κ2) is 11.5. The summed E-state index contributed by atoms with van der Waals surface area (Å²) in [5.74, 6) is 0.225. The van der Waals surface area contributed by atoms with Crippen molar-refractivity contribution >= 4 is 45.6 Å². The van der Waals surface area contributed by atoms with Crippen molar-refractivity contribution in [2.45, 2.75) is 0 Å². The highest BCUT2D eigenvalue weighted by Gasteiger charge is 2.17. The van der Waals surface area contributed by atoms with Crippen molar-refractivity contribution in [2.24, 2.45) is 5.10 Å². The first-order valence-corrected chi connectivity index (χ1v) is 10.9. The van der Waals surface area contributed by atoms with E-state index < -0.39 is 11.9 Å². The van der Waals surface area contributed by atoms with Crippen molar-refractivity contribution in [3.05, 3.63) is 80.8 Å². The van der Waals surface area contributed by atoms with E-state index in [1.165, 1.54) is 33.6 Å². The molecule has 176 valence electrons. The van der Waals surface area contributed by atoms with Crippen LogP contribution < -0.4 is 24.4 Å². The van der Waals surface area contributed by atoms with Crippen LogP contribution in [-0.4, -0.2) is 39.4 Å². The average molecular weight is 548 g/mol. The fraction of sp³-hybridized carbons (Fsp3) is 0.125. The maximum atomic E-state index is 12.5. The first kappa shape index (κ1) is 25.1. The first-order valence-electron chi connectivity index (χ1n) is 9.77. The van der Waals surface area contributed by atoms with Crippen LogP contribution in [0.15, 0.2) is 64.2 Å². The molecule has 0 spiro atoms. The van der Waals surface area contributed by atoms with Gasteiger partial charge < -0.3 is 18.9 Å². The van der Waals surface area contributed by atoms with E-state index in [1.54, 1.807) is 48.5 Å². The number of amides is 1. The molecular formula is C24H20BrClN2O6. The second-order valence-corrected chi connectivity index (χ2v) is 8.02. The van der Waals surface area contributed by atoms with E-state index >= 15 is 0 Å². The van der Waals surface area contributed by atoms with Crippen LogP contribution in [0.25, 0.3) is 0 Å². The van der Waals surface area contributed by atoms with Crippen LogP contribution in [0, 0.1) is 0 Å². The molecule has 1 N–H and O–H groups in total. The molecule has 10 heteroatoms. The van der Waals surface area contributed by atoms with Gasteiger partial charge in [-0.3, -0.25) is 4.79 Å². The predicted molar refractivity (Wildman–Crippen MR) is 132 cm³/mol. The summed E-state index contributed by atoms with van der Waals surface area (Å²) < 4.78 is 21.8. The van der Waals surface area contributed by atoms with Crippen LogP contribution in [0.4, 0.5) is 0 Å². The molecule has 0 saturated carbocycles. The number of nitrogens with one attached hydrogen (secondary N) is 1. The lowest BCUT2D eigenvalue weighted by molar-refractivity contribution is 0.0729. The highest BCUT2D eigenvalue weighted by molar-refractivity contribution is 9.10. The van der Waals surface area contributed by atoms with E-state index in [2.05, 4.69) is 26.5 Å². The molecule has 0 aliphatic carbocycles. The summed E-state index contributed by atoms with van der Waals surface area (Å²) in [7, 11) is 4.42. The number of hydrogen-bond donors (Lipinski definition) is 1. The maximum absolute atomic E-state index is 12.5. The van der Waals surface area contributed by atoms with Gasteiger partial charge in [0.2, 0.25) is 0 Å². The topological polar surface area (TPSA) is 95.5 Å². The zero-order valence-electron chi connectivity index (χ0n) is 18.4. The molecule has 1 amide bonds. The number of carbonyl (C=O) groups excluding carboxylic acids is 2. The van der Waals surface area contributed by atoms with Crippen LogP contribution in [0.1, 0.15) is 26.3 Å². The van der Waals surface area contributed by atoms with Gasteiger partial charge in [0.25, 0.3) is 5.91 Å². The lowest BCUT2D eigenvalue weighted by Crippen LogP contribution is -2.18. The summed E-state index contributed by atoms with van der Waals surface area (Å²) in [6.07, 6.45) is 1.38. The molecule has 0 fully saturated rings. The second-order valence-electron chi connectivity index (χ2n) is 6.70. The maximum Gasteiger partial charge on any atom is 0.343 e. The number of ether oxygens (including phenoxy) is 4. The fourth-order valence-electron chi connectivity index (χ4n) is 2.88. The van der Waals surface area contributed by atoms with Gasteiger partial charge in [0.1, 0.15) is 11.5 Å². The van der Waals surface area contributed by atoms with E-state index in [0.29, 0.717) is 28.2 Å². The number of hydrazone groups is 1. The van der Waals surface area contributed by atoms with Crippen molar-refractivity contribution < 1.29 is 28.5 Å². The lowest BCUT2D eigenvalue weighted by Gasteiger charge is -2.12. The van der Waals surface area contributed by atoms with Crippen molar-refractivity contribution in [1.29, 1.82) is 0 Å². The molecule has 0 aliphatic rings. The average Bonchev–Trinajstić information content (AvgIpc) is 2.85. The van der Waals surface area contributed by atoms with Gasteiger partial charge in [0.15, 0.2) is 11.5 Å². The number of methoxy groups -OCH3 is 3. The van der Waals surface area contributed by atoms with Gasteiger partial charge in [-0.2, -0.15) is 5.10 Å². The Balaban J connectivity index is 1.75. The molecule has 34 heavy (non-hydrogen) atoms. The molecule has 0 radical (unpaired) electrons. The molecule has 3 aromatic carbocycles. The molecular weight excluding hydrogens is 528 g/mol. The van der Waals surface area contributed by atoms with Crippen molar-refractivity contribution in [3.63, 3.8) is 0 Å². The Morgan fingerprint density at radius 2 is 1.65 bits per heavy atom.